The Morgan fingerprint density at radius 3 is 1.69 bits per heavy atom. The third-order valence-corrected chi connectivity index (χ3v) is 5.97. The lowest BCUT2D eigenvalue weighted by molar-refractivity contribution is -0.116. The molecule has 0 bridgehead atoms. The fourth-order valence-corrected chi connectivity index (χ4v) is 4.22. The van der Waals surface area contributed by atoms with Gasteiger partial charge in [0.2, 0.25) is 5.91 Å². The monoisotopic (exact) mass is 392 g/mol. The van der Waals surface area contributed by atoms with Crippen molar-refractivity contribution in [1.29, 1.82) is 0 Å². The van der Waals surface area contributed by atoms with Crippen molar-refractivity contribution in [2.24, 2.45) is 0 Å². The van der Waals surface area contributed by atoms with Crippen LogP contribution in [0.4, 0.5) is 22.7 Å². The fourth-order valence-electron chi connectivity index (χ4n) is 4.22. The van der Waals surface area contributed by atoms with Crippen LogP contribution >= 0.6 is 0 Å². The number of piperidine rings is 1. The first-order valence-corrected chi connectivity index (χ1v) is 11.0. The van der Waals surface area contributed by atoms with Gasteiger partial charge < -0.3 is 20.4 Å². The third kappa shape index (κ3) is 5.03. The van der Waals surface area contributed by atoms with E-state index in [2.05, 4.69) is 56.8 Å². The average molecular weight is 393 g/mol. The molecule has 2 aliphatic rings. The zero-order valence-electron chi connectivity index (χ0n) is 17.4. The summed E-state index contributed by atoms with van der Waals surface area (Å²) in [6.07, 6.45) is 6.41. The van der Waals surface area contributed by atoms with Crippen molar-refractivity contribution in [3.05, 3.63) is 48.5 Å². The average Bonchev–Trinajstić information content (AvgIpc) is 3.30. The van der Waals surface area contributed by atoms with Gasteiger partial charge in [-0.1, -0.05) is 0 Å². The zero-order valence-corrected chi connectivity index (χ0v) is 17.4. The Kier molecular flexibility index (Phi) is 6.23. The van der Waals surface area contributed by atoms with E-state index in [1.165, 1.54) is 43.5 Å². The highest BCUT2D eigenvalue weighted by atomic mass is 16.2. The molecular weight excluding hydrogens is 360 g/mol. The first-order valence-electron chi connectivity index (χ1n) is 11.0. The molecule has 0 spiro atoms. The Bertz CT molecular complexity index is 791. The second-order valence-electron chi connectivity index (χ2n) is 8.19. The smallest absolute Gasteiger partial charge is 0.246 e. The summed E-state index contributed by atoms with van der Waals surface area (Å²) in [6.45, 7) is 6.43. The van der Waals surface area contributed by atoms with Gasteiger partial charge in [0.1, 0.15) is 6.04 Å². The Morgan fingerprint density at radius 1 is 0.724 bits per heavy atom. The van der Waals surface area contributed by atoms with Gasteiger partial charge in [0.05, 0.1) is 0 Å². The number of nitrogens with zero attached hydrogens (tertiary/aromatic N) is 2. The van der Waals surface area contributed by atoms with Crippen molar-refractivity contribution in [1.82, 2.24) is 0 Å². The van der Waals surface area contributed by atoms with Crippen LogP contribution in [0.25, 0.3) is 0 Å². The fraction of sp³-hybridized carbons (Fsp3) is 0.458. The van der Waals surface area contributed by atoms with E-state index >= 15 is 0 Å². The second-order valence-corrected chi connectivity index (χ2v) is 8.19. The summed E-state index contributed by atoms with van der Waals surface area (Å²) >= 11 is 0. The number of benzene rings is 2. The lowest BCUT2D eigenvalue weighted by Crippen LogP contribution is -2.32. The normalized spacial score (nSPS) is 17.8. The standard InChI is InChI=1S/C24H32N4O/c1-19(25-20-7-11-22(12-8-20)28-17-5-6-18-28)24(29)26-21-9-13-23(14-10-21)27-15-3-2-4-16-27/h7-14,19,25H,2-6,15-18H2,1H3,(H,26,29)/t19-/m1/s1. The summed E-state index contributed by atoms with van der Waals surface area (Å²) in [7, 11) is 0. The Hall–Kier alpha value is -2.69. The Labute approximate surface area is 174 Å². The van der Waals surface area contributed by atoms with E-state index < -0.39 is 0 Å². The molecule has 0 aromatic heterocycles. The largest absolute Gasteiger partial charge is 0.374 e. The molecule has 5 heteroatoms. The molecule has 2 fully saturated rings. The molecule has 5 nitrogen and oxygen atoms in total. The van der Waals surface area contributed by atoms with E-state index in [0.29, 0.717) is 0 Å². The molecule has 0 aliphatic carbocycles. The van der Waals surface area contributed by atoms with Crippen LogP contribution in [0.2, 0.25) is 0 Å². The summed E-state index contributed by atoms with van der Waals surface area (Å²) in [5, 5.41) is 6.32. The highest BCUT2D eigenvalue weighted by Gasteiger charge is 2.15. The van der Waals surface area contributed by atoms with Crippen molar-refractivity contribution in [3.63, 3.8) is 0 Å². The molecule has 2 aromatic carbocycles. The minimum absolute atomic E-state index is 0.0284. The van der Waals surface area contributed by atoms with Gasteiger partial charge in [-0.05, 0) is 87.6 Å². The quantitative estimate of drug-likeness (QED) is 0.747. The van der Waals surface area contributed by atoms with E-state index in [1.807, 2.05) is 19.1 Å². The van der Waals surface area contributed by atoms with E-state index in [9.17, 15) is 4.79 Å². The van der Waals surface area contributed by atoms with Crippen molar-refractivity contribution < 1.29 is 4.79 Å². The Balaban J connectivity index is 1.29. The van der Waals surface area contributed by atoms with Crippen LogP contribution in [0, 0.1) is 0 Å². The molecule has 0 saturated carbocycles. The van der Waals surface area contributed by atoms with Crippen molar-refractivity contribution in [3.8, 4) is 0 Å². The van der Waals surface area contributed by atoms with Crippen LogP contribution in [0.15, 0.2) is 48.5 Å². The van der Waals surface area contributed by atoms with E-state index in [-0.39, 0.29) is 11.9 Å². The minimum Gasteiger partial charge on any atom is -0.374 e. The first-order chi connectivity index (χ1) is 14.2. The van der Waals surface area contributed by atoms with E-state index in [0.717, 1.165) is 37.6 Å². The highest BCUT2D eigenvalue weighted by molar-refractivity contribution is 5.96. The van der Waals surface area contributed by atoms with Crippen molar-refractivity contribution >= 4 is 28.7 Å². The topological polar surface area (TPSA) is 47.6 Å². The van der Waals surface area contributed by atoms with Crippen LogP contribution in [-0.4, -0.2) is 38.1 Å². The molecule has 0 radical (unpaired) electrons. The van der Waals surface area contributed by atoms with Gasteiger partial charge in [-0.25, -0.2) is 0 Å². The number of amides is 1. The molecule has 0 unspecified atom stereocenters. The van der Waals surface area contributed by atoms with Crippen LogP contribution in [0.5, 0.6) is 0 Å². The summed E-state index contributed by atoms with van der Waals surface area (Å²) in [5.74, 6) is -0.0284. The minimum atomic E-state index is -0.311. The zero-order chi connectivity index (χ0) is 20.1. The van der Waals surface area contributed by atoms with Gasteiger partial charge in [0.15, 0.2) is 0 Å². The van der Waals surface area contributed by atoms with Crippen LogP contribution < -0.4 is 20.4 Å². The number of hydrogen-bond donors (Lipinski definition) is 2. The summed E-state index contributed by atoms with van der Waals surface area (Å²) in [6, 6.07) is 16.3. The molecule has 2 saturated heterocycles. The molecule has 2 heterocycles. The SMILES string of the molecule is C[C@@H](Nc1ccc(N2CCCC2)cc1)C(=O)Nc1ccc(N2CCCCC2)cc1. The maximum absolute atomic E-state index is 12.6. The molecule has 4 rings (SSSR count). The maximum Gasteiger partial charge on any atom is 0.246 e. The van der Waals surface area contributed by atoms with Crippen molar-refractivity contribution in [2.75, 3.05) is 46.6 Å². The van der Waals surface area contributed by atoms with Crippen LogP contribution in [-0.2, 0) is 4.79 Å². The number of rotatable bonds is 6. The molecule has 2 N–H and O–H groups in total. The van der Waals surface area contributed by atoms with Gasteiger partial charge in [-0.15, -0.1) is 0 Å². The number of carbonyl (C=O) groups is 1. The van der Waals surface area contributed by atoms with Gasteiger partial charge >= 0.3 is 0 Å². The first kappa shape index (κ1) is 19.6. The van der Waals surface area contributed by atoms with E-state index in [4.69, 9.17) is 0 Å². The van der Waals surface area contributed by atoms with Crippen molar-refractivity contribution in [2.45, 2.75) is 45.1 Å². The lowest BCUT2D eigenvalue weighted by atomic mass is 10.1. The molecule has 1 atom stereocenters. The maximum atomic E-state index is 12.6. The third-order valence-electron chi connectivity index (χ3n) is 5.97. The molecule has 2 aromatic rings. The van der Waals surface area contributed by atoms with Gasteiger partial charge in [0.25, 0.3) is 0 Å². The molecule has 154 valence electrons. The summed E-state index contributed by atoms with van der Waals surface area (Å²) in [5.41, 5.74) is 4.32. The molecular formula is C24H32N4O. The lowest BCUT2D eigenvalue weighted by Gasteiger charge is -2.28. The predicted molar refractivity (Wildman–Crippen MR) is 122 cm³/mol. The van der Waals surface area contributed by atoms with Crippen LogP contribution in [0.1, 0.15) is 39.0 Å². The summed E-state index contributed by atoms with van der Waals surface area (Å²) in [4.78, 5) is 17.4. The van der Waals surface area contributed by atoms with Crippen LogP contribution in [0.3, 0.4) is 0 Å². The number of carbonyl (C=O) groups excluding carboxylic acids is 1. The number of nitrogens with one attached hydrogen (secondary N) is 2. The second kappa shape index (κ2) is 9.21. The number of anilines is 4. The summed E-state index contributed by atoms with van der Waals surface area (Å²) < 4.78 is 0. The molecule has 2 aliphatic heterocycles. The molecule has 29 heavy (non-hydrogen) atoms. The predicted octanol–water partition coefficient (Wildman–Crippen LogP) is 4.72. The van der Waals surface area contributed by atoms with Gasteiger partial charge in [0, 0.05) is 48.9 Å². The Morgan fingerprint density at radius 2 is 1.17 bits per heavy atom. The van der Waals surface area contributed by atoms with E-state index in [1.54, 1.807) is 0 Å². The van der Waals surface area contributed by atoms with Gasteiger partial charge in [-0.3, -0.25) is 4.79 Å². The molecule has 1 amide bonds. The highest BCUT2D eigenvalue weighted by Crippen LogP contribution is 2.23. The van der Waals surface area contributed by atoms with Gasteiger partial charge in [-0.2, -0.15) is 0 Å². The number of hydrogen-bond acceptors (Lipinski definition) is 4.